The Kier molecular flexibility index (Phi) is 5.48. The van der Waals surface area contributed by atoms with Gasteiger partial charge in [-0.25, -0.2) is 4.68 Å². The molecule has 6 heteroatoms. The van der Waals surface area contributed by atoms with Crippen molar-refractivity contribution in [1.29, 1.82) is 0 Å². The zero-order valence-corrected chi connectivity index (χ0v) is 15.3. The molecule has 1 fully saturated rings. The fraction of sp³-hybridized carbons (Fsp3) is 0.526. The molecule has 0 bridgehead atoms. The molecule has 1 aromatic heterocycles. The zero-order valence-electron chi connectivity index (χ0n) is 15.3. The molecular formula is C19H27N5O. The fourth-order valence-corrected chi connectivity index (χ4v) is 3.41. The number of nitrogens with one attached hydrogen (secondary N) is 1. The van der Waals surface area contributed by atoms with Gasteiger partial charge in [-0.3, -0.25) is 4.79 Å². The molecule has 1 aromatic carbocycles. The van der Waals surface area contributed by atoms with Crippen LogP contribution in [-0.2, 0) is 6.54 Å². The van der Waals surface area contributed by atoms with Crippen LogP contribution < -0.4 is 5.32 Å². The predicted molar refractivity (Wildman–Crippen MR) is 97.5 cm³/mol. The van der Waals surface area contributed by atoms with Crippen molar-refractivity contribution in [2.24, 2.45) is 0 Å². The van der Waals surface area contributed by atoms with E-state index in [0.717, 1.165) is 31.6 Å². The molecule has 0 aliphatic carbocycles. The summed E-state index contributed by atoms with van der Waals surface area (Å²) in [7, 11) is 0. The Hall–Kier alpha value is -2.21. The molecule has 25 heavy (non-hydrogen) atoms. The van der Waals surface area contributed by atoms with Gasteiger partial charge in [0.1, 0.15) is 0 Å². The number of piperidine rings is 1. The number of hydrogen-bond donors (Lipinski definition) is 1. The number of carbonyl (C=O) groups is 1. The number of carbonyl (C=O) groups excluding carboxylic acids is 1. The largest absolute Gasteiger partial charge is 0.333 e. The molecule has 1 aliphatic heterocycles. The number of amides is 1. The SMILES string of the molecule is CCN(Cc1ccccc1C)C(=O)c1nnn(C2CCNCC2)c1C. The Morgan fingerprint density at radius 2 is 2.00 bits per heavy atom. The lowest BCUT2D eigenvalue weighted by atomic mass is 10.1. The number of hydrogen-bond acceptors (Lipinski definition) is 4. The first kappa shape index (κ1) is 17.6. The van der Waals surface area contributed by atoms with E-state index in [9.17, 15) is 4.79 Å². The van der Waals surface area contributed by atoms with Crippen LogP contribution in [0.4, 0.5) is 0 Å². The lowest BCUT2D eigenvalue weighted by Gasteiger charge is -2.24. The second-order valence-electron chi connectivity index (χ2n) is 6.70. The van der Waals surface area contributed by atoms with Crippen molar-refractivity contribution in [2.45, 2.75) is 46.2 Å². The Labute approximate surface area is 149 Å². The van der Waals surface area contributed by atoms with Gasteiger partial charge in [0.05, 0.1) is 11.7 Å². The van der Waals surface area contributed by atoms with E-state index in [1.54, 1.807) is 0 Å². The van der Waals surface area contributed by atoms with Gasteiger partial charge < -0.3 is 10.2 Å². The van der Waals surface area contributed by atoms with Gasteiger partial charge in [0, 0.05) is 13.1 Å². The number of rotatable bonds is 5. The summed E-state index contributed by atoms with van der Waals surface area (Å²) in [5.41, 5.74) is 3.72. The Morgan fingerprint density at radius 3 is 2.68 bits per heavy atom. The molecule has 1 N–H and O–H groups in total. The highest BCUT2D eigenvalue weighted by Crippen LogP contribution is 2.21. The number of aromatic nitrogens is 3. The van der Waals surface area contributed by atoms with Crippen LogP contribution >= 0.6 is 0 Å². The van der Waals surface area contributed by atoms with Gasteiger partial charge in [-0.15, -0.1) is 5.10 Å². The quantitative estimate of drug-likeness (QED) is 0.907. The fourth-order valence-electron chi connectivity index (χ4n) is 3.41. The summed E-state index contributed by atoms with van der Waals surface area (Å²) in [5.74, 6) is -0.0385. The van der Waals surface area contributed by atoms with Crippen LogP contribution in [0, 0.1) is 13.8 Å². The maximum atomic E-state index is 13.0. The summed E-state index contributed by atoms with van der Waals surface area (Å²) in [6, 6.07) is 8.52. The van der Waals surface area contributed by atoms with E-state index >= 15 is 0 Å². The van der Waals surface area contributed by atoms with Crippen LogP contribution in [0.1, 0.15) is 53.1 Å². The molecule has 2 aromatic rings. The van der Waals surface area contributed by atoms with Gasteiger partial charge in [-0.05, 0) is 57.8 Å². The van der Waals surface area contributed by atoms with Gasteiger partial charge in [0.25, 0.3) is 5.91 Å². The third-order valence-electron chi connectivity index (χ3n) is 5.08. The van der Waals surface area contributed by atoms with Crippen molar-refractivity contribution >= 4 is 5.91 Å². The minimum Gasteiger partial charge on any atom is -0.333 e. The number of benzene rings is 1. The molecule has 0 saturated carbocycles. The van der Waals surface area contributed by atoms with Crippen LogP contribution in [0.5, 0.6) is 0 Å². The van der Waals surface area contributed by atoms with Crippen molar-refractivity contribution < 1.29 is 4.79 Å². The minimum atomic E-state index is -0.0385. The van der Waals surface area contributed by atoms with Crippen LogP contribution in [0.15, 0.2) is 24.3 Å². The van der Waals surface area contributed by atoms with Crippen molar-refractivity contribution in [2.75, 3.05) is 19.6 Å². The highest BCUT2D eigenvalue weighted by atomic mass is 16.2. The van der Waals surface area contributed by atoms with E-state index in [1.807, 2.05) is 35.6 Å². The van der Waals surface area contributed by atoms with E-state index < -0.39 is 0 Å². The summed E-state index contributed by atoms with van der Waals surface area (Å²) in [6.45, 7) is 9.25. The first-order valence-corrected chi connectivity index (χ1v) is 9.08. The van der Waals surface area contributed by atoms with E-state index in [0.29, 0.717) is 24.8 Å². The topological polar surface area (TPSA) is 63.1 Å². The van der Waals surface area contributed by atoms with E-state index in [2.05, 4.69) is 34.7 Å². The molecule has 0 unspecified atom stereocenters. The summed E-state index contributed by atoms with van der Waals surface area (Å²) in [4.78, 5) is 14.8. The third kappa shape index (κ3) is 3.74. The highest BCUT2D eigenvalue weighted by molar-refractivity contribution is 5.93. The normalized spacial score (nSPS) is 15.3. The maximum Gasteiger partial charge on any atom is 0.276 e. The molecule has 2 heterocycles. The molecule has 6 nitrogen and oxygen atoms in total. The molecule has 0 atom stereocenters. The van der Waals surface area contributed by atoms with Gasteiger partial charge in [0.2, 0.25) is 0 Å². The van der Waals surface area contributed by atoms with Crippen LogP contribution in [-0.4, -0.2) is 45.4 Å². The lowest BCUT2D eigenvalue weighted by molar-refractivity contribution is 0.0745. The van der Waals surface area contributed by atoms with Gasteiger partial charge in [-0.2, -0.15) is 0 Å². The van der Waals surface area contributed by atoms with Crippen LogP contribution in [0.25, 0.3) is 0 Å². The van der Waals surface area contributed by atoms with Gasteiger partial charge >= 0.3 is 0 Å². The van der Waals surface area contributed by atoms with Gasteiger partial charge in [-0.1, -0.05) is 29.5 Å². The van der Waals surface area contributed by atoms with Crippen LogP contribution in [0.3, 0.4) is 0 Å². The second kappa shape index (κ2) is 7.78. The van der Waals surface area contributed by atoms with E-state index in [4.69, 9.17) is 0 Å². The highest BCUT2D eigenvalue weighted by Gasteiger charge is 2.25. The monoisotopic (exact) mass is 341 g/mol. The van der Waals surface area contributed by atoms with Crippen LogP contribution in [0.2, 0.25) is 0 Å². The molecule has 1 saturated heterocycles. The predicted octanol–water partition coefficient (Wildman–Crippen LogP) is 2.48. The lowest BCUT2D eigenvalue weighted by Crippen LogP contribution is -2.32. The summed E-state index contributed by atoms with van der Waals surface area (Å²) < 4.78 is 1.94. The average molecular weight is 341 g/mol. The minimum absolute atomic E-state index is 0.0385. The molecule has 0 spiro atoms. The van der Waals surface area contributed by atoms with Crippen molar-refractivity contribution in [3.8, 4) is 0 Å². The number of aryl methyl sites for hydroxylation is 1. The standard InChI is InChI=1S/C19H27N5O/c1-4-23(13-16-8-6-5-7-14(16)2)19(25)18-15(3)24(22-21-18)17-9-11-20-12-10-17/h5-8,17,20H,4,9-13H2,1-3H3. The average Bonchev–Trinajstić information content (AvgIpc) is 3.02. The van der Waals surface area contributed by atoms with Crippen molar-refractivity contribution in [3.63, 3.8) is 0 Å². The molecule has 1 aliphatic rings. The summed E-state index contributed by atoms with van der Waals surface area (Å²) >= 11 is 0. The Balaban J connectivity index is 1.79. The molecule has 0 radical (unpaired) electrons. The number of nitrogens with zero attached hydrogens (tertiary/aromatic N) is 4. The molecular weight excluding hydrogens is 314 g/mol. The molecule has 3 rings (SSSR count). The first-order chi connectivity index (χ1) is 12.1. The van der Waals surface area contributed by atoms with E-state index in [1.165, 1.54) is 11.1 Å². The summed E-state index contributed by atoms with van der Waals surface area (Å²) in [5, 5.41) is 11.9. The first-order valence-electron chi connectivity index (χ1n) is 9.08. The van der Waals surface area contributed by atoms with E-state index in [-0.39, 0.29) is 5.91 Å². The Morgan fingerprint density at radius 1 is 1.28 bits per heavy atom. The third-order valence-corrected chi connectivity index (χ3v) is 5.08. The Bertz CT molecular complexity index is 733. The van der Waals surface area contributed by atoms with Crippen molar-refractivity contribution in [3.05, 3.63) is 46.8 Å². The smallest absolute Gasteiger partial charge is 0.276 e. The van der Waals surface area contributed by atoms with Crippen molar-refractivity contribution in [1.82, 2.24) is 25.2 Å². The maximum absolute atomic E-state index is 13.0. The second-order valence-corrected chi connectivity index (χ2v) is 6.70. The molecule has 134 valence electrons. The zero-order chi connectivity index (χ0) is 17.8. The van der Waals surface area contributed by atoms with Gasteiger partial charge in [0.15, 0.2) is 5.69 Å². The summed E-state index contributed by atoms with van der Waals surface area (Å²) in [6.07, 6.45) is 2.05. The molecule has 1 amide bonds.